The lowest BCUT2D eigenvalue weighted by Gasteiger charge is -2.41. The Kier molecular flexibility index (Phi) is 3.58. The van der Waals surface area contributed by atoms with E-state index in [9.17, 15) is 4.79 Å². The summed E-state index contributed by atoms with van der Waals surface area (Å²) in [6.07, 6.45) is 6.05. The molecule has 2 atom stereocenters. The molecule has 0 bridgehead atoms. The van der Waals surface area contributed by atoms with E-state index in [0.717, 1.165) is 19.3 Å². The first-order chi connectivity index (χ1) is 8.21. The average Bonchev–Trinajstić information content (AvgIpc) is 2.62. The molecule has 0 aromatic rings. The molecule has 2 aliphatic rings. The van der Waals surface area contributed by atoms with Gasteiger partial charge in [0.1, 0.15) is 5.78 Å². The number of carbonyl (C=O) groups is 1. The Bertz CT molecular complexity index is 376. The van der Waals surface area contributed by atoms with E-state index in [2.05, 4.69) is 39.9 Å². The lowest BCUT2D eigenvalue weighted by Crippen LogP contribution is -2.46. The summed E-state index contributed by atoms with van der Waals surface area (Å²) < 4.78 is 6.48. The van der Waals surface area contributed by atoms with Crippen LogP contribution < -0.4 is 0 Å². The van der Waals surface area contributed by atoms with E-state index in [-0.39, 0.29) is 11.1 Å². The smallest absolute Gasteiger partial charge is 0.192 e. The predicted molar refractivity (Wildman–Crippen MR) is 77.1 cm³/mol. The third-order valence-corrected chi connectivity index (χ3v) is 9.35. The van der Waals surface area contributed by atoms with Gasteiger partial charge >= 0.3 is 0 Å². The Morgan fingerprint density at radius 3 is 2.56 bits per heavy atom. The van der Waals surface area contributed by atoms with Gasteiger partial charge in [-0.1, -0.05) is 26.8 Å². The molecular formula is C15H26O2Si. The van der Waals surface area contributed by atoms with Gasteiger partial charge in [-0.15, -0.1) is 0 Å². The highest BCUT2D eigenvalue weighted by molar-refractivity contribution is 6.74. The van der Waals surface area contributed by atoms with Gasteiger partial charge in [0.15, 0.2) is 8.32 Å². The molecule has 0 unspecified atom stereocenters. The van der Waals surface area contributed by atoms with Crippen LogP contribution in [0.2, 0.25) is 18.1 Å². The molecule has 0 radical (unpaired) electrons. The van der Waals surface area contributed by atoms with Crippen molar-refractivity contribution in [2.75, 3.05) is 0 Å². The first kappa shape index (κ1) is 14.0. The standard InChI is InChI=1S/C15H26O2Si/c1-15(2,3)18(4,5)17-14-10-12(16)9-11-7-6-8-13(11)14/h8,11,14H,6-7,9-10H2,1-5H3/t11-,14+/m0/s1. The molecule has 3 heteroatoms. The van der Waals surface area contributed by atoms with Gasteiger partial charge in [0.05, 0.1) is 6.10 Å². The van der Waals surface area contributed by atoms with E-state index in [4.69, 9.17) is 4.43 Å². The summed E-state index contributed by atoms with van der Waals surface area (Å²) in [5.41, 5.74) is 1.43. The number of fused-ring (bicyclic) bond motifs is 1. The van der Waals surface area contributed by atoms with Crippen molar-refractivity contribution in [3.63, 3.8) is 0 Å². The third-order valence-electron chi connectivity index (χ3n) is 4.87. The van der Waals surface area contributed by atoms with Gasteiger partial charge < -0.3 is 4.43 Å². The molecule has 1 saturated carbocycles. The Morgan fingerprint density at radius 1 is 1.28 bits per heavy atom. The second-order valence-electron chi connectivity index (χ2n) is 7.29. The minimum absolute atomic E-state index is 0.0830. The van der Waals surface area contributed by atoms with Crippen molar-refractivity contribution in [3.8, 4) is 0 Å². The largest absolute Gasteiger partial charge is 0.410 e. The zero-order valence-corrected chi connectivity index (χ0v) is 13.4. The van der Waals surface area contributed by atoms with Gasteiger partial charge in [-0.05, 0) is 42.5 Å². The van der Waals surface area contributed by atoms with Crippen LogP contribution >= 0.6 is 0 Å². The van der Waals surface area contributed by atoms with Crippen LogP contribution in [0.4, 0.5) is 0 Å². The van der Waals surface area contributed by atoms with Crippen LogP contribution in [0.5, 0.6) is 0 Å². The Morgan fingerprint density at radius 2 is 1.94 bits per heavy atom. The fraction of sp³-hybridized carbons (Fsp3) is 0.800. The van der Waals surface area contributed by atoms with Crippen LogP contribution in [0.15, 0.2) is 11.6 Å². The maximum atomic E-state index is 11.9. The number of allylic oxidation sites excluding steroid dienone is 1. The van der Waals surface area contributed by atoms with Crippen molar-refractivity contribution in [3.05, 3.63) is 11.6 Å². The molecule has 0 aliphatic heterocycles. The number of rotatable bonds is 2. The molecule has 0 spiro atoms. The summed E-state index contributed by atoms with van der Waals surface area (Å²) in [4.78, 5) is 11.9. The molecule has 102 valence electrons. The summed E-state index contributed by atoms with van der Waals surface area (Å²) in [7, 11) is -1.77. The molecule has 0 N–H and O–H groups in total. The average molecular weight is 266 g/mol. The first-order valence-corrected chi connectivity index (χ1v) is 10.0. The van der Waals surface area contributed by atoms with Crippen LogP contribution in [-0.2, 0) is 9.22 Å². The van der Waals surface area contributed by atoms with E-state index >= 15 is 0 Å². The van der Waals surface area contributed by atoms with E-state index in [1.807, 2.05) is 0 Å². The van der Waals surface area contributed by atoms with E-state index in [0.29, 0.717) is 18.1 Å². The van der Waals surface area contributed by atoms with Gasteiger partial charge in [-0.3, -0.25) is 4.79 Å². The van der Waals surface area contributed by atoms with Crippen LogP contribution in [0, 0.1) is 5.92 Å². The minimum Gasteiger partial charge on any atom is -0.410 e. The molecule has 0 saturated heterocycles. The van der Waals surface area contributed by atoms with Gasteiger partial charge in [-0.25, -0.2) is 0 Å². The van der Waals surface area contributed by atoms with Gasteiger partial charge in [0, 0.05) is 12.8 Å². The molecule has 0 amide bonds. The summed E-state index contributed by atoms with van der Waals surface area (Å²) in [5, 5.41) is 0.210. The topological polar surface area (TPSA) is 26.3 Å². The maximum Gasteiger partial charge on any atom is 0.192 e. The summed E-state index contributed by atoms with van der Waals surface area (Å²) in [5.74, 6) is 0.878. The SMILES string of the molecule is CC(C)(C)[Si](C)(C)O[C@@H]1CC(=O)C[C@@H]2CCC=C21. The summed E-state index contributed by atoms with van der Waals surface area (Å²) in [6.45, 7) is 11.3. The molecular weight excluding hydrogens is 240 g/mol. The van der Waals surface area contributed by atoms with Crippen molar-refractivity contribution < 1.29 is 9.22 Å². The van der Waals surface area contributed by atoms with Crippen LogP contribution in [0.25, 0.3) is 0 Å². The number of ketones is 1. The van der Waals surface area contributed by atoms with Gasteiger partial charge in [-0.2, -0.15) is 0 Å². The second-order valence-corrected chi connectivity index (χ2v) is 12.0. The predicted octanol–water partition coefficient (Wildman–Crippen LogP) is 4.08. The number of hydrogen-bond acceptors (Lipinski definition) is 2. The first-order valence-electron chi connectivity index (χ1n) is 7.10. The quantitative estimate of drug-likeness (QED) is 0.556. The second kappa shape index (κ2) is 4.60. The molecule has 2 nitrogen and oxygen atoms in total. The van der Waals surface area contributed by atoms with Crippen molar-refractivity contribution in [2.24, 2.45) is 5.92 Å². The molecule has 2 aliphatic carbocycles. The maximum absolute atomic E-state index is 11.9. The Labute approximate surface area is 112 Å². The van der Waals surface area contributed by atoms with E-state index in [1.54, 1.807) is 0 Å². The summed E-state index contributed by atoms with van der Waals surface area (Å²) >= 11 is 0. The zero-order chi connectivity index (χ0) is 13.6. The number of hydrogen-bond donors (Lipinski definition) is 0. The molecule has 18 heavy (non-hydrogen) atoms. The normalized spacial score (nSPS) is 29.2. The van der Waals surface area contributed by atoms with Crippen molar-refractivity contribution >= 4 is 14.1 Å². The Balaban J connectivity index is 2.15. The van der Waals surface area contributed by atoms with E-state index in [1.165, 1.54) is 5.57 Å². The van der Waals surface area contributed by atoms with Crippen molar-refractivity contribution in [1.29, 1.82) is 0 Å². The van der Waals surface area contributed by atoms with Gasteiger partial charge in [0.25, 0.3) is 0 Å². The Hall–Kier alpha value is -0.413. The molecule has 2 rings (SSSR count). The van der Waals surface area contributed by atoms with Crippen LogP contribution in [0.1, 0.15) is 46.5 Å². The minimum atomic E-state index is -1.77. The number of carbonyl (C=O) groups excluding carboxylic acids is 1. The third kappa shape index (κ3) is 2.62. The highest BCUT2D eigenvalue weighted by Crippen LogP contribution is 2.43. The lowest BCUT2D eigenvalue weighted by atomic mass is 9.83. The number of Topliss-reactive ketones (excluding diaryl/α,β-unsaturated/α-hetero) is 1. The zero-order valence-electron chi connectivity index (χ0n) is 12.4. The van der Waals surface area contributed by atoms with Crippen LogP contribution in [-0.4, -0.2) is 20.2 Å². The highest BCUT2D eigenvalue weighted by Gasteiger charge is 2.43. The van der Waals surface area contributed by atoms with Crippen LogP contribution in [0.3, 0.4) is 0 Å². The molecule has 1 fully saturated rings. The molecule has 0 aromatic carbocycles. The fourth-order valence-electron chi connectivity index (χ4n) is 2.72. The van der Waals surface area contributed by atoms with Crippen molar-refractivity contribution in [2.45, 2.75) is 70.7 Å². The summed E-state index contributed by atoms with van der Waals surface area (Å²) in [6, 6.07) is 0. The highest BCUT2D eigenvalue weighted by atomic mass is 28.4. The monoisotopic (exact) mass is 266 g/mol. The van der Waals surface area contributed by atoms with E-state index < -0.39 is 8.32 Å². The molecule has 0 aromatic heterocycles. The lowest BCUT2D eigenvalue weighted by molar-refractivity contribution is -0.122. The van der Waals surface area contributed by atoms with Crippen molar-refractivity contribution in [1.82, 2.24) is 0 Å². The van der Waals surface area contributed by atoms with Gasteiger partial charge in [0.2, 0.25) is 0 Å². The fourth-order valence-corrected chi connectivity index (χ4v) is 4.01. The molecule has 0 heterocycles.